The van der Waals surface area contributed by atoms with Crippen LogP contribution in [-0.4, -0.2) is 31.1 Å². The molecule has 1 amide bonds. The third-order valence-electron chi connectivity index (χ3n) is 4.79. The summed E-state index contributed by atoms with van der Waals surface area (Å²) in [6.45, 7) is 0. The number of amides is 1. The van der Waals surface area contributed by atoms with E-state index in [1.54, 1.807) is 0 Å². The maximum atomic E-state index is 14.3. The van der Waals surface area contributed by atoms with Crippen molar-refractivity contribution in [2.75, 3.05) is 5.32 Å². The lowest BCUT2D eigenvalue weighted by Crippen LogP contribution is -2.15. The summed E-state index contributed by atoms with van der Waals surface area (Å²) in [5.41, 5.74) is 2.76. The lowest BCUT2D eigenvalue weighted by molar-refractivity contribution is 0.102. The topological polar surface area (TPSA) is 85.6 Å². The van der Waals surface area contributed by atoms with Gasteiger partial charge in [0, 0.05) is 17.0 Å². The van der Waals surface area contributed by atoms with Crippen LogP contribution in [0.4, 0.5) is 10.1 Å². The molecule has 28 heavy (non-hydrogen) atoms. The van der Waals surface area contributed by atoms with Crippen molar-refractivity contribution in [3.8, 4) is 5.69 Å². The minimum absolute atomic E-state index is 0.0619. The fourth-order valence-electron chi connectivity index (χ4n) is 3.19. The number of anilines is 1. The minimum atomic E-state index is -0.536. The number of hydrogen-bond acceptors (Lipinski definition) is 5. The Balaban J connectivity index is 1.53. The molecular weight excluding hydrogens is 359 g/mol. The van der Waals surface area contributed by atoms with E-state index in [2.05, 4.69) is 25.8 Å². The Morgan fingerprint density at radius 1 is 1.14 bits per heavy atom. The number of tetrazole rings is 1. The predicted molar refractivity (Wildman–Crippen MR) is 101 cm³/mol. The van der Waals surface area contributed by atoms with Crippen LogP contribution in [0, 0.1) is 5.82 Å². The number of para-hydroxylation sites is 1. The van der Waals surface area contributed by atoms with E-state index in [1.807, 2.05) is 30.3 Å². The van der Waals surface area contributed by atoms with Gasteiger partial charge in [-0.3, -0.25) is 9.78 Å². The zero-order valence-electron chi connectivity index (χ0n) is 14.7. The molecule has 1 N–H and O–H groups in total. The number of rotatable bonds is 4. The van der Waals surface area contributed by atoms with Crippen molar-refractivity contribution < 1.29 is 9.18 Å². The molecule has 0 radical (unpaired) electrons. The van der Waals surface area contributed by atoms with Gasteiger partial charge in [-0.1, -0.05) is 18.2 Å². The monoisotopic (exact) mass is 374 g/mol. The number of aromatic nitrogens is 5. The molecule has 1 saturated carbocycles. The third-order valence-corrected chi connectivity index (χ3v) is 4.79. The van der Waals surface area contributed by atoms with Crippen LogP contribution in [0.25, 0.3) is 16.6 Å². The Bertz CT molecular complexity index is 1190. The third kappa shape index (κ3) is 2.98. The number of benzene rings is 2. The molecule has 2 aromatic heterocycles. The highest BCUT2D eigenvalue weighted by Gasteiger charge is 2.27. The van der Waals surface area contributed by atoms with Crippen molar-refractivity contribution in [1.29, 1.82) is 0 Å². The number of nitrogens with one attached hydrogen (secondary N) is 1. The molecule has 5 rings (SSSR count). The molecule has 0 unspecified atom stereocenters. The average Bonchev–Trinajstić information content (AvgIpc) is 3.43. The maximum Gasteiger partial charge on any atom is 0.256 e. The van der Waals surface area contributed by atoms with E-state index in [4.69, 9.17) is 0 Å². The smallest absolute Gasteiger partial charge is 0.256 e. The Kier molecular flexibility index (Phi) is 3.82. The van der Waals surface area contributed by atoms with E-state index in [0.29, 0.717) is 17.2 Å². The SMILES string of the molecule is O=C(Nc1cc(-n2cnnn2)ccc1F)c1cc(C2CC2)nc2ccccc12. The summed E-state index contributed by atoms with van der Waals surface area (Å²) < 4.78 is 15.7. The van der Waals surface area contributed by atoms with Crippen molar-refractivity contribution in [2.45, 2.75) is 18.8 Å². The highest BCUT2D eigenvalue weighted by atomic mass is 19.1. The average molecular weight is 374 g/mol. The number of fused-ring (bicyclic) bond motifs is 1. The second-order valence-corrected chi connectivity index (χ2v) is 6.76. The molecular formula is C20H15FN6O. The van der Waals surface area contributed by atoms with Gasteiger partial charge in [0.15, 0.2) is 0 Å². The highest BCUT2D eigenvalue weighted by Crippen LogP contribution is 2.40. The number of carbonyl (C=O) groups excluding carboxylic acids is 1. The van der Waals surface area contributed by atoms with Crippen LogP contribution in [0.2, 0.25) is 0 Å². The summed E-state index contributed by atoms with van der Waals surface area (Å²) in [7, 11) is 0. The van der Waals surface area contributed by atoms with E-state index in [0.717, 1.165) is 29.4 Å². The normalized spacial score (nSPS) is 13.6. The fraction of sp³-hybridized carbons (Fsp3) is 0.150. The zero-order chi connectivity index (χ0) is 19.1. The van der Waals surface area contributed by atoms with Crippen molar-refractivity contribution in [1.82, 2.24) is 25.2 Å². The van der Waals surface area contributed by atoms with E-state index in [1.165, 1.54) is 29.2 Å². The van der Waals surface area contributed by atoms with Crippen molar-refractivity contribution in [2.24, 2.45) is 0 Å². The maximum absolute atomic E-state index is 14.3. The molecule has 0 bridgehead atoms. The van der Waals surface area contributed by atoms with Gasteiger partial charge in [0.2, 0.25) is 0 Å². The summed E-state index contributed by atoms with van der Waals surface area (Å²) in [4.78, 5) is 17.7. The van der Waals surface area contributed by atoms with Gasteiger partial charge >= 0.3 is 0 Å². The quantitative estimate of drug-likeness (QED) is 0.591. The molecule has 0 aliphatic heterocycles. The Morgan fingerprint density at radius 3 is 2.79 bits per heavy atom. The number of carbonyl (C=O) groups is 1. The van der Waals surface area contributed by atoms with E-state index < -0.39 is 5.82 Å². The molecule has 8 heteroatoms. The summed E-state index contributed by atoms with van der Waals surface area (Å²) in [6.07, 6.45) is 3.56. The molecule has 1 aliphatic carbocycles. The summed E-state index contributed by atoms with van der Waals surface area (Å²) in [6, 6.07) is 13.6. The van der Waals surface area contributed by atoms with Crippen LogP contribution in [0.1, 0.15) is 34.8 Å². The van der Waals surface area contributed by atoms with Crippen molar-refractivity contribution >= 4 is 22.5 Å². The van der Waals surface area contributed by atoms with Crippen LogP contribution >= 0.6 is 0 Å². The summed E-state index contributed by atoms with van der Waals surface area (Å²) >= 11 is 0. The lowest BCUT2D eigenvalue weighted by atomic mass is 10.1. The first kappa shape index (κ1) is 16.5. The first-order chi connectivity index (χ1) is 13.7. The molecule has 1 aliphatic rings. The fourth-order valence-corrected chi connectivity index (χ4v) is 3.19. The van der Waals surface area contributed by atoms with Crippen LogP contribution in [0.3, 0.4) is 0 Å². The molecule has 0 atom stereocenters. The molecule has 7 nitrogen and oxygen atoms in total. The van der Waals surface area contributed by atoms with Gasteiger partial charge in [-0.2, -0.15) is 0 Å². The van der Waals surface area contributed by atoms with Gasteiger partial charge in [0.05, 0.1) is 22.5 Å². The number of pyridine rings is 1. The van der Waals surface area contributed by atoms with Crippen LogP contribution in [0.5, 0.6) is 0 Å². The molecule has 2 aromatic carbocycles. The van der Waals surface area contributed by atoms with E-state index in [-0.39, 0.29) is 11.6 Å². The van der Waals surface area contributed by atoms with Crippen molar-refractivity contribution in [3.63, 3.8) is 0 Å². The van der Waals surface area contributed by atoms with E-state index >= 15 is 0 Å². The Labute approximate surface area is 159 Å². The molecule has 2 heterocycles. The minimum Gasteiger partial charge on any atom is -0.319 e. The second kappa shape index (κ2) is 6.49. The zero-order valence-corrected chi connectivity index (χ0v) is 14.7. The Morgan fingerprint density at radius 2 is 2.00 bits per heavy atom. The van der Waals surface area contributed by atoms with Gasteiger partial charge < -0.3 is 5.32 Å². The number of halogens is 1. The van der Waals surface area contributed by atoms with Gasteiger partial charge in [0.1, 0.15) is 12.1 Å². The summed E-state index contributed by atoms with van der Waals surface area (Å²) in [5, 5.41) is 14.3. The molecule has 138 valence electrons. The van der Waals surface area contributed by atoms with Crippen LogP contribution in [-0.2, 0) is 0 Å². The standard InChI is InChI=1S/C20H15FN6O/c21-16-8-7-13(27-11-22-25-26-27)9-19(16)24-20(28)15-10-18(12-5-6-12)23-17-4-2-1-3-14(15)17/h1-4,7-12H,5-6H2,(H,24,28). The molecule has 4 aromatic rings. The number of nitrogens with zero attached hydrogens (tertiary/aromatic N) is 5. The van der Waals surface area contributed by atoms with Gasteiger partial charge in [-0.25, -0.2) is 9.07 Å². The lowest BCUT2D eigenvalue weighted by Gasteiger charge is -2.11. The van der Waals surface area contributed by atoms with E-state index in [9.17, 15) is 9.18 Å². The van der Waals surface area contributed by atoms with Gasteiger partial charge in [0.25, 0.3) is 5.91 Å². The highest BCUT2D eigenvalue weighted by molar-refractivity contribution is 6.12. The largest absolute Gasteiger partial charge is 0.319 e. The van der Waals surface area contributed by atoms with Crippen LogP contribution < -0.4 is 5.32 Å². The first-order valence-corrected chi connectivity index (χ1v) is 8.93. The first-order valence-electron chi connectivity index (χ1n) is 8.93. The predicted octanol–water partition coefficient (Wildman–Crippen LogP) is 3.48. The molecule has 0 spiro atoms. The van der Waals surface area contributed by atoms with Crippen LogP contribution in [0.15, 0.2) is 54.9 Å². The molecule has 1 fully saturated rings. The second-order valence-electron chi connectivity index (χ2n) is 6.76. The van der Waals surface area contributed by atoms with Gasteiger partial charge in [-0.05, 0) is 53.6 Å². The Hall–Kier alpha value is -3.68. The van der Waals surface area contributed by atoms with Gasteiger partial charge in [-0.15, -0.1) is 5.10 Å². The molecule has 0 saturated heterocycles. The number of hydrogen-bond donors (Lipinski definition) is 1. The van der Waals surface area contributed by atoms with Crippen molar-refractivity contribution in [3.05, 3.63) is 71.9 Å². The summed E-state index contributed by atoms with van der Waals surface area (Å²) in [5.74, 6) is -0.518.